The van der Waals surface area contributed by atoms with Gasteiger partial charge in [0.25, 0.3) is 0 Å². The molecule has 5 saturated carbocycles. The predicted molar refractivity (Wildman–Crippen MR) is 132 cm³/mol. The van der Waals surface area contributed by atoms with Gasteiger partial charge in [0, 0.05) is 0 Å². The first kappa shape index (κ1) is 23.4. The van der Waals surface area contributed by atoms with E-state index >= 15 is 0 Å². The molecule has 5 aliphatic rings. The third-order valence-corrected chi connectivity index (χ3v) is 13.3. The monoisotopic (exact) mass is 442 g/mol. The van der Waals surface area contributed by atoms with Gasteiger partial charge in [-0.25, -0.2) is 0 Å². The Morgan fingerprint density at radius 2 is 1.53 bits per heavy atom. The molecule has 5 fully saturated rings. The second-order valence-corrected chi connectivity index (χ2v) is 14.4. The van der Waals surface area contributed by atoms with Crippen molar-refractivity contribution in [3.63, 3.8) is 0 Å². The molecular weight excluding hydrogens is 392 g/mol. The molecule has 0 heterocycles. The standard InChI is InChI=1S/C30H50O2/c1-19(2)22(31)9-8-20(3)21-12-14-28(7)24-11-10-23-26(4,5)25(32)13-15-29(23)18-30(24,29)17-16-27(21,28)6/h20-25,31-32H,1,8-18H2,2-7H3/t20?,21-,22?,23+,24+,25?,27-,28+,29-,30+/m1/s1. The molecule has 0 aromatic heterocycles. The Labute approximate surface area is 197 Å². The minimum absolute atomic E-state index is 0.0885. The fraction of sp³-hybridized carbons (Fsp3) is 0.933. The molecule has 182 valence electrons. The maximum Gasteiger partial charge on any atom is 0.0744 e. The quantitative estimate of drug-likeness (QED) is 0.444. The summed E-state index contributed by atoms with van der Waals surface area (Å²) in [5, 5.41) is 21.2. The van der Waals surface area contributed by atoms with Gasteiger partial charge < -0.3 is 10.2 Å². The molecule has 2 nitrogen and oxygen atoms in total. The Morgan fingerprint density at radius 1 is 0.875 bits per heavy atom. The second kappa shape index (κ2) is 7.09. The molecule has 0 aromatic carbocycles. The van der Waals surface area contributed by atoms with Crippen molar-refractivity contribution in [2.75, 3.05) is 0 Å². The number of fused-ring (bicyclic) bond motifs is 2. The first-order chi connectivity index (χ1) is 14.9. The zero-order chi connectivity index (χ0) is 23.3. The van der Waals surface area contributed by atoms with Crippen LogP contribution in [-0.2, 0) is 0 Å². The molecule has 32 heavy (non-hydrogen) atoms. The zero-order valence-electron chi connectivity index (χ0n) is 21.8. The van der Waals surface area contributed by atoms with Crippen molar-refractivity contribution in [2.24, 2.45) is 50.7 Å². The first-order valence-corrected chi connectivity index (χ1v) is 13.9. The van der Waals surface area contributed by atoms with E-state index in [-0.39, 0.29) is 17.6 Å². The van der Waals surface area contributed by atoms with E-state index in [1.54, 1.807) is 0 Å². The third kappa shape index (κ3) is 2.72. The normalized spacial score (nSPS) is 52.8. The summed E-state index contributed by atoms with van der Waals surface area (Å²) in [6.45, 7) is 18.5. The van der Waals surface area contributed by atoms with Crippen LogP contribution in [0.5, 0.6) is 0 Å². The Hall–Kier alpha value is -0.340. The van der Waals surface area contributed by atoms with Crippen LogP contribution >= 0.6 is 0 Å². The third-order valence-electron chi connectivity index (χ3n) is 13.3. The Kier molecular flexibility index (Phi) is 5.19. The van der Waals surface area contributed by atoms with Gasteiger partial charge in [0.15, 0.2) is 0 Å². The number of aliphatic hydroxyl groups is 2. The average Bonchev–Trinajstić information content (AvgIpc) is 3.31. The van der Waals surface area contributed by atoms with Gasteiger partial charge in [-0.15, -0.1) is 0 Å². The topological polar surface area (TPSA) is 40.5 Å². The van der Waals surface area contributed by atoms with Gasteiger partial charge in [-0.1, -0.05) is 46.8 Å². The van der Waals surface area contributed by atoms with Crippen molar-refractivity contribution < 1.29 is 10.2 Å². The highest BCUT2D eigenvalue weighted by molar-refractivity contribution is 5.30. The molecule has 2 heteroatoms. The van der Waals surface area contributed by atoms with Crippen LogP contribution in [0.3, 0.4) is 0 Å². The Morgan fingerprint density at radius 3 is 2.22 bits per heavy atom. The SMILES string of the molecule is C=C(C)C(O)CCC(C)[C@H]1CC[C@@]2(C)[C@@H]3CC[C@H]4C(C)(C)C(O)CC[C@@]45C[C@@]35CC[C@]12C. The molecule has 0 amide bonds. The molecule has 5 rings (SSSR count). The van der Waals surface area contributed by atoms with Crippen LogP contribution in [0.2, 0.25) is 0 Å². The minimum Gasteiger partial charge on any atom is -0.393 e. The van der Waals surface area contributed by atoms with Crippen LogP contribution in [0.1, 0.15) is 112 Å². The summed E-state index contributed by atoms with van der Waals surface area (Å²) in [4.78, 5) is 0. The van der Waals surface area contributed by atoms with Crippen molar-refractivity contribution in [3.8, 4) is 0 Å². The van der Waals surface area contributed by atoms with Crippen LogP contribution in [0.25, 0.3) is 0 Å². The van der Waals surface area contributed by atoms with Gasteiger partial charge in [-0.3, -0.25) is 0 Å². The lowest BCUT2D eigenvalue weighted by Crippen LogP contribution is -2.57. The van der Waals surface area contributed by atoms with E-state index in [0.29, 0.717) is 27.6 Å². The molecule has 0 bridgehead atoms. The van der Waals surface area contributed by atoms with E-state index in [1.165, 1.54) is 51.4 Å². The lowest BCUT2D eigenvalue weighted by atomic mass is 9.41. The Bertz CT molecular complexity index is 786. The maximum absolute atomic E-state index is 10.8. The summed E-state index contributed by atoms with van der Waals surface area (Å²) in [6, 6.07) is 0. The summed E-state index contributed by atoms with van der Waals surface area (Å²) < 4.78 is 0. The molecule has 2 N–H and O–H groups in total. The highest BCUT2D eigenvalue weighted by atomic mass is 16.3. The van der Waals surface area contributed by atoms with Gasteiger partial charge in [-0.2, -0.15) is 0 Å². The largest absolute Gasteiger partial charge is 0.393 e. The fourth-order valence-corrected chi connectivity index (χ4v) is 11.2. The molecule has 0 aromatic rings. The van der Waals surface area contributed by atoms with Crippen LogP contribution in [0.4, 0.5) is 0 Å². The van der Waals surface area contributed by atoms with Crippen molar-refractivity contribution >= 4 is 0 Å². The smallest absolute Gasteiger partial charge is 0.0744 e. The summed E-state index contributed by atoms with van der Waals surface area (Å²) in [7, 11) is 0. The first-order valence-electron chi connectivity index (χ1n) is 13.9. The minimum atomic E-state index is -0.334. The molecule has 10 atom stereocenters. The highest BCUT2D eigenvalue weighted by Gasteiger charge is 2.82. The van der Waals surface area contributed by atoms with Crippen LogP contribution < -0.4 is 0 Å². The van der Waals surface area contributed by atoms with E-state index in [2.05, 4.69) is 41.2 Å². The Balaban J connectivity index is 1.39. The van der Waals surface area contributed by atoms with Gasteiger partial charge in [0.2, 0.25) is 0 Å². The van der Waals surface area contributed by atoms with E-state index in [0.717, 1.165) is 42.6 Å². The maximum atomic E-state index is 10.8. The molecular formula is C30H50O2. The van der Waals surface area contributed by atoms with Crippen LogP contribution in [0.15, 0.2) is 12.2 Å². The summed E-state index contributed by atoms with van der Waals surface area (Å²) in [5.41, 5.74) is 3.03. The van der Waals surface area contributed by atoms with Crippen LogP contribution in [0, 0.1) is 50.7 Å². The average molecular weight is 443 g/mol. The van der Waals surface area contributed by atoms with Gasteiger partial charge in [-0.05, 0) is 128 Å². The van der Waals surface area contributed by atoms with Crippen molar-refractivity contribution in [2.45, 2.75) is 124 Å². The fourth-order valence-electron chi connectivity index (χ4n) is 11.2. The van der Waals surface area contributed by atoms with Crippen molar-refractivity contribution in [3.05, 3.63) is 12.2 Å². The van der Waals surface area contributed by atoms with E-state index in [9.17, 15) is 10.2 Å². The number of rotatable bonds is 5. The second-order valence-electron chi connectivity index (χ2n) is 14.4. The van der Waals surface area contributed by atoms with E-state index < -0.39 is 0 Å². The molecule has 2 spiro atoms. The molecule has 0 radical (unpaired) electrons. The van der Waals surface area contributed by atoms with E-state index in [4.69, 9.17) is 0 Å². The van der Waals surface area contributed by atoms with Crippen LogP contribution in [-0.4, -0.2) is 22.4 Å². The molecule has 0 aliphatic heterocycles. The van der Waals surface area contributed by atoms with Gasteiger partial charge in [0.05, 0.1) is 12.2 Å². The summed E-state index contributed by atoms with van der Waals surface area (Å²) in [6.07, 6.45) is 13.7. The lowest BCUT2D eigenvalue weighted by molar-refractivity contribution is -0.161. The van der Waals surface area contributed by atoms with Crippen molar-refractivity contribution in [1.82, 2.24) is 0 Å². The number of hydrogen-bond acceptors (Lipinski definition) is 2. The van der Waals surface area contributed by atoms with Crippen molar-refractivity contribution in [1.29, 1.82) is 0 Å². The van der Waals surface area contributed by atoms with Gasteiger partial charge in [0.1, 0.15) is 0 Å². The summed E-state index contributed by atoms with van der Waals surface area (Å²) >= 11 is 0. The van der Waals surface area contributed by atoms with E-state index in [1.807, 2.05) is 6.92 Å². The zero-order valence-corrected chi connectivity index (χ0v) is 21.8. The number of aliphatic hydroxyl groups excluding tert-OH is 2. The molecule has 3 unspecified atom stereocenters. The van der Waals surface area contributed by atoms with Gasteiger partial charge >= 0.3 is 0 Å². The number of hydrogen-bond donors (Lipinski definition) is 2. The lowest BCUT2D eigenvalue weighted by Gasteiger charge is -2.63. The highest BCUT2D eigenvalue weighted by Crippen LogP contribution is 2.89. The molecule has 5 aliphatic carbocycles. The molecule has 0 saturated heterocycles. The predicted octanol–water partition coefficient (Wildman–Crippen LogP) is 7.14. The summed E-state index contributed by atoms with van der Waals surface area (Å²) in [5.74, 6) is 3.08.